The molecule has 82 valence electrons. The fourth-order valence-electron chi connectivity index (χ4n) is 1.13. The van der Waals surface area contributed by atoms with Crippen LogP contribution in [0.25, 0.3) is 0 Å². The van der Waals surface area contributed by atoms with Gasteiger partial charge in [-0.15, -0.1) is 0 Å². The topological polar surface area (TPSA) is 95.1 Å². The number of hydrogen-bond acceptors (Lipinski definition) is 4. The molecule has 1 aromatic rings. The number of hydrogen-bond donors (Lipinski definition) is 3. The second-order valence-electron chi connectivity index (χ2n) is 3.14. The number of aromatic amines is 1. The molecule has 1 heterocycles. The fourth-order valence-corrected chi connectivity index (χ4v) is 1.13. The van der Waals surface area contributed by atoms with Crippen molar-refractivity contribution in [3.05, 3.63) is 22.2 Å². The van der Waals surface area contributed by atoms with Crippen molar-refractivity contribution in [3.63, 3.8) is 0 Å². The maximum Gasteiger partial charge on any atom is 0.303 e. The van der Waals surface area contributed by atoms with E-state index >= 15 is 0 Å². The number of aryl methyl sites for hydroxylation is 1. The van der Waals surface area contributed by atoms with E-state index in [-0.39, 0.29) is 12.0 Å². The first kappa shape index (κ1) is 11.2. The summed E-state index contributed by atoms with van der Waals surface area (Å²) < 4.78 is 0. The Kier molecular flexibility index (Phi) is 3.84. The van der Waals surface area contributed by atoms with E-state index in [4.69, 9.17) is 5.11 Å². The van der Waals surface area contributed by atoms with Gasteiger partial charge in [0.15, 0.2) is 0 Å². The van der Waals surface area contributed by atoms with Crippen molar-refractivity contribution in [1.29, 1.82) is 0 Å². The van der Waals surface area contributed by atoms with Gasteiger partial charge < -0.3 is 15.4 Å². The maximum atomic E-state index is 11.0. The molecule has 6 nitrogen and oxygen atoms in total. The van der Waals surface area contributed by atoms with Crippen LogP contribution < -0.4 is 10.9 Å². The molecule has 0 unspecified atom stereocenters. The largest absolute Gasteiger partial charge is 0.481 e. The number of nitrogens with zero attached hydrogens (tertiary/aromatic N) is 1. The second kappa shape index (κ2) is 5.14. The van der Waals surface area contributed by atoms with Gasteiger partial charge >= 0.3 is 5.97 Å². The van der Waals surface area contributed by atoms with Gasteiger partial charge in [-0.2, -0.15) is 0 Å². The highest BCUT2D eigenvalue weighted by Crippen LogP contribution is 1.98. The SMILES string of the molecule is Cc1nc(NCCCC(=O)O)cc(=O)[nH]1. The smallest absolute Gasteiger partial charge is 0.303 e. The Labute approximate surface area is 86.4 Å². The number of rotatable bonds is 5. The second-order valence-corrected chi connectivity index (χ2v) is 3.14. The summed E-state index contributed by atoms with van der Waals surface area (Å²) in [5, 5.41) is 11.3. The van der Waals surface area contributed by atoms with Crippen molar-refractivity contribution < 1.29 is 9.90 Å². The quantitative estimate of drug-likeness (QED) is 0.611. The van der Waals surface area contributed by atoms with Crippen molar-refractivity contribution >= 4 is 11.8 Å². The summed E-state index contributed by atoms with van der Waals surface area (Å²) in [4.78, 5) is 27.8. The van der Waals surface area contributed by atoms with E-state index in [0.717, 1.165) is 0 Å². The van der Waals surface area contributed by atoms with E-state index in [1.165, 1.54) is 6.07 Å². The van der Waals surface area contributed by atoms with Crippen molar-refractivity contribution in [3.8, 4) is 0 Å². The van der Waals surface area contributed by atoms with Crippen LogP contribution in [-0.2, 0) is 4.79 Å². The van der Waals surface area contributed by atoms with Gasteiger partial charge in [-0.3, -0.25) is 9.59 Å². The summed E-state index contributed by atoms with van der Waals surface area (Å²) in [5.41, 5.74) is -0.219. The first-order valence-electron chi connectivity index (χ1n) is 4.61. The molecule has 0 aromatic carbocycles. The van der Waals surface area contributed by atoms with Gasteiger partial charge in [-0.25, -0.2) is 4.98 Å². The molecule has 0 aliphatic heterocycles. The molecular weight excluding hydrogens is 198 g/mol. The number of H-pyrrole nitrogens is 1. The predicted octanol–water partition coefficient (Wildman–Crippen LogP) is 0.355. The molecule has 1 rings (SSSR count). The Morgan fingerprint density at radius 1 is 1.67 bits per heavy atom. The average molecular weight is 211 g/mol. The van der Waals surface area contributed by atoms with Crippen LogP contribution in [0.2, 0.25) is 0 Å². The number of carboxylic acid groups (broad SMARTS) is 1. The standard InChI is InChI=1S/C9H13N3O3/c1-6-11-7(5-8(13)12-6)10-4-2-3-9(14)15/h5H,2-4H2,1H3,(H,14,15)(H2,10,11,12,13). The number of carbonyl (C=O) groups is 1. The first-order valence-corrected chi connectivity index (χ1v) is 4.61. The van der Waals surface area contributed by atoms with Crippen LogP contribution in [0.1, 0.15) is 18.7 Å². The Morgan fingerprint density at radius 2 is 2.40 bits per heavy atom. The summed E-state index contributed by atoms with van der Waals surface area (Å²) in [5.74, 6) is 0.178. The number of aromatic nitrogens is 2. The van der Waals surface area contributed by atoms with Gasteiger partial charge in [0.05, 0.1) is 0 Å². The number of anilines is 1. The van der Waals surface area contributed by atoms with Crippen LogP contribution in [0.15, 0.2) is 10.9 Å². The monoisotopic (exact) mass is 211 g/mol. The van der Waals surface area contributed by atoms with E-state index < -0.39 is 5.97 Å². The van der Waals surface area contributed by atoms with Crippen LogP contribution in [0.3, 0.4) is 0 Å². The molecule has 0 atom stereocenters. The van der Waals surface area contributed by atoms with Crippen molar-refractivity contribution in [1.82, 2.24) is 9.97 Å². The van der Waals surface area contributed by atoms with Crippen LogP contribution in [0.4, 0.5) is 5.82 Å². The van der Waals surface area contributed by atoms with E-state index in [0.29, 0.717) is 24.6 Å². The molecule has 15 heavy (non-hydrogen) atoms. The maximum absolute atomic E-state index is 11.0. The molecule has 0 saturated heterocycles. The summed E-state index contributed by atoms with van der Waals surface area (Å²) in [7, 11) is 0. The van der Waals surface area contributed by atoms with Crippen LogP contribution >= 0.6 is 0 Å². The molecule has 0 amide bonds. The van der Waals surface area contributed by atoms with Crippen molar-refractivity contribution in [2.24, 2.45) is 0 Å². The molecule has 1 aromatic heterocycles. The van der Waals surface area contributed by atoms with Gasteiger partial charge in [0.1, 0.15) is 11.6 Å². The molecular formula is C9H13N3O3. The van der Waals surface area contributed by atoms with Gasteiger partial charge in [0.25, 0.3) is 5.56 Å². The molecule has 3 N–H and O–H groups in total. The average Bonchev–Trinajstić information content (AvgIpc) is 2.10. The van der Waals surface area contributed by atoms with E-state index in [2.05, 4.69) is 15.3 Å². The van der Waals surface area contributed by atoms with Crippen LogP contribution in [0.5, 0.6) is 0 Å². The number of carboxylic acids is 1. The normalized spacial score (nSPS) is 9.93. The highest BCUT2D eigenvalue weighted by atomic mass is 16.4. The van der Waals surface area contributed by atoms with Gasteiger partial charge in [0.2, 0.25) is 0 Å². The Bertz CT molecular complexity index is 400. The highest BCUT2D eigenvalue weighted by molar-refractivity contribution is 5.66. The zero-order chi connectivity index (χ0) is 11.3. The fraction of sp³-hybridized carbons (Fsp3) is 0.444. The van der Waals surface area contributed by atoms with Crippen molar-refractivity contribution in [2.75, 3.05) is 11.9 Å². The summed E-state index contributed by atoms with van der Waals surface area (Å²) in [6.45, 7) is 2.17. The van der Waals surface area contributed by atoms with Crippen molar-refractivity contribution in [2.45, 2.75) is 19.8 Å². The molecule has 0 fully saturated rings. The summed E-state index contributed by atoms with van der Waals surface area (Å²) in [6.07, 6.45) is 0.609. The molecule has 0 saturated carbocycles. The predicted molar refractivity (Wildman–Crippen MR) is 55.0 cm³/mol. The van der Waals surface area contributed by atoms with Gasteiger partial charge in [0, 0.05) is 19.0 Å². The summed E-state index contributed by atoms with van der Waals surface area (Å²) in [6, 6.07) is 1.34. The number of aliphatic carboxylic acids is 1. The minimum atomic E-state index is -0.827. The lowest BCUT2D eigenvalue weighted by Gasteiger charge is -2.04. The number of nitrogens with one attached hydrogen (secondary N) is 2. The minimum absolute atomic E-state index is 0.106. The van der Waals surface area contributed by atoms with E-state index in [1.54, 1.807) is 6.92 Å². The lowest BCUT2D eigenvalue weighted by molar-refractivity contribution is -0.137. The zero-order valence-corrected chi connectivity index (χ0v) is 8.41. The van der Waals surface area contributed by atoms with Crippen LogP contribution in [-0.4, -0.2) is 27.6 Å². The highest BCUT2D eigenvalue weighted by Gasteiger charge is 1.99. The summed E-state index contributed by atoms with van der Waals surface area (Å²) >= 11 is 0. The molecule has 0 spiro atoms. The Hall–Kier alpha value is -1.85. The van der Waals surface area contributed by atoms with E-state index in [9.17, 15) is 9.59 Å². The third-order valence-electron chi connectivity index (χ3n) is 1.73. The third kappa shape index (κ3) is 4.26. The van der Waals surface area contributed by atoms with E-state index in [1.807, 2.05) is 0 Å². The lowest BCUT2D eigenvalue weighted by Crippen LogP contribution is -2.13. The van der Waals surface area contributed by atoms with Crippen LogP contribution in [0, 0.1) is 6.92 Å². The lowest BCUT2D eigenvalue weighted by atomic mass is 10.3. The third-order valence-corrected chi connectivity index (χ3v) is 1.73. The van der Waals surface area contributed by atoms with Gasteiger partial charge in [-0.1, -0.05) is 0 Å². The molecule has 0 radical (unpaired) electrons. The Balaban J connectivity index is 2.44. The molecule has 0 bridgehead atoms. The Morgan fingerprint density at radius 3 is 3.00 bits per heavy atom. The molecule has 0 aliphatic carbocycles. The zero-order valence-electron chi connectivity index (χ0n) is 8.41. The minimum Gasteiger partial charge on any atom is -0.481 e. The molecule has 6 heteroatoms. The first-order chi connectivity index (χ1) is 7.08. The molecule has 0 aliphatic rings. The van der Waals surface area contributed by atoms with Gasteiger partial charge in [-0.05, 0) is 13.3 Å².